The van der Waals surface area contributed by atoms with Crippen LogP contribution in [0.25, 0.3) is 0 Å². The van der Waals surface area contributed by atoms with Crippen LogP contribution in [0.4, 0.5) is 5.69 Å². The van der Waals surface area contributed by atoms with Crippen molar-refractivity contribution in [2.75, 3.05) is 31.9 Å². The van der Waals surface area contributed by atoms with E-state index in [4.69, 9.17) is 9.47 Å². The predicted octanol–water partition coefficient (Wildman–Crippen LogP) is 2.05. The number of amides is 1. The van der Waals surface area contributed by atoms with Crippen LogP contribution < -0.4 is 9.64 Å². The number of benzene rings is 2. The molecule has 2 heterocycles. The third-order valence-electron chi connectivity index (χ3n) is 5.32. The molecule has 9 heteroatoms. The van der Waals surface area contributed by atoms with Gasteiger partial charge in [0.25, 0.3) is 5.78 Å². The van der Waals surface area contributed by atoms with Crippen LogP contribution in [0.15, 0.2) is 53.4 Å². The van der Waals surface area contributed by atoms with E-state index in [0.717, 1.165) is 6.42 Å². The zero-order valence-electron chi connectivity index (χ0n) is 16.5. The minimum Gasteiger partial charge on any atom is -0.492 e. The number of nitrogens with zero attached hydrogens (tertiary/aromatic N) is 2. The summed E-state index contributed by atoms with van der Waals surface area (Å²) in [7, 11) is -2.43. The van der Waals surface area contributed by atoms with Gasteiger partial charge in [-0.15, -0.1) is 0 Å². The Morgan fingerprint density at radius 1 is 1.10 bits per heavy atom. The molecule has 2 aliphatic rings. The summed E-state index contributed by atoms with van der Waals surface area (Å²) in [6.07, 6.45) is 1.42. The molecule has 8 nitrogen and oxygen atoms in total. The molecule has 2 aromatic rings. The van der Waals surface area contributed by atoms with Gasteiger partial charge in [-0.3, -0.25) is 14.5 Å². The maximum absolute atomic E-state index is 13.3. The summed E-state index contributed by atoms with van der Waals surface area (Å²) < 4.78 is 38.7. The van der Waals surface area contributed by atoms with E-state index in [2.05, 4.69) is 0 Å². The minimum absolute atomic E-state index is 0.00622. The Kier molecular flexibility index (Phi) is 5.59. The Morgan fingerprint density at radius 2 is 1.87 bits per heavy atom. The second-order valence-corrected chi connectivity index (χ2v) is 9.09. The van der Waals surface area contributed by atoms with Crippen LogP contribution in [-0.2, 0) is 19.6 Å². The molecule has 30 heavy (non-hydrogen) atoms. The van der Waals surface area contributed by atoms with Gasteiger partial charge in [-0.1, -0.05) is 18.2 Å². The van der Waals surface area contributed by atoms with Crippen LogP contribution in [0.5, 0.6) is 5.75 Å². The highest BCUT2D eigenvalue weighted by atomic mass is 32.2. The molecular formula is C21H22N2O6S. The fraction of sp³-hybridized carbons (Fsp3) is 0.333. The van der Waals surface area contributed by atoms with Crippen molar-refractivity contribution in [2.45, 2.75) is 23.8 Å². The standard InChI is InChI=1S/C21H22N2O6S/c1-28-14-22-19-10-9-17(12-18(19)20(24)21(22)25)30(26,27)23-11-5-6-15(23)13-29-16-7-3-2-4-8-16/h2-4,7-10,12,15H,5-6,11,13-14H2,1H3. The number of hydrogen-bond acceptors (Lipinski definition) is 6. The number of rotatable bonds is 7. The van der Waals surface area contributed by atoms with E-state index in [9.17, 15) is 18.0 Å². The van der Waals surface area contributed by atoms with Gasteiger partial charge in [0, 0.05) is 13.7 Å². The van der Waals surface area contributed by atoms with Crippen molar-refractivity contribution in [1.82, 2.24) is 4.31 Å². The van der Waals surface area contributed by atoms with Crippen LogP contribution in [0.2, 0.25) is 0 Å². The van der Waals surface area contributed by atoms with Crippen LogP contribution in [-0.4, -0.2) is 57.4 Å². The van der Waals surface area contributed by atoms with Gasteiger partial charge in [0.15, 0.2) is 0 Å². The number of Topliss-reactive ketones (excluding diaryl/α,β-unsaturated/α-hetero) is 1. The summed E-state index contributed by atoms with van der Waals surface area (Å²) in [5, 5.41) is 0. The Bertz CT molecular complexity index is 1070. The lowest BCUT2D eigenvalue weighted by atomic mass is 10.1. The molecule has 1 atom stereocenters. The highest BCUT2D eigenvalue weighted by Crippen LogP contribution is 2.33. The molecule has 0 aromatic heterocycles. The second kappa shape index (κ2) is 8.17. The molecule has 1 fully saturated rings. The molecule has 1 amide bonds. The number of fused-ring (bicyclic) bond motifs is 1. The maximum atomic E-state index is 13.3. The number of hydrogen-bond donors (Lipinski definition) is 0. The third kappa shape index (κ3) is 3.60. The van der Waals surface area contributed by atoms with Gasteiger partial charge >= 0.3 is 5.91 Å². The molecule has 4 rings (SSSR count). The number of anilines is 1. The second-order valence-electron chi connectivity index (χ2n) is 7.19. The fourth-order valence-corrected chi connectivity index (χ4v) is 5.54. The number of sulfonamides is 1. The monoisotopic (exact) mass is 430 g/mol. The lowest BCUT2D eigenvalue weighted by Crippen LogP contribution is -2.39. The number of para-hydroxylation sites is 1. The molecule has 0 radical (unpaired) electrons. The summed E-state index contributed by atoms with van der Waals surface area (Å²) in [6.45, 7) is 0.548. The van der Waals surface area contributed by atoms with Gasteiger partial charge in [-0.05, 0) is 43.2 Å². The number of ether oxygens (including phenoxy) is 2. The van der Waals surface area contributed by atoms with Crippen molar-refractivity contribution < 1.29 is 27.5 Å². The first-order valence-electron chi connectivity index (χ1n) is 9.62. The van der Waals surface area contributed by atoms with Crippen molar-refractivity contribution >= 4 is 27.4 Å². The molecule has 0 bridgehead atoms. The van der Waals surface area contributed by atoms with Crippen molar-refractivity contribution in [3.8, 4) is 5.75 Å². The molecule has 1 saturated heterocycles. The normalized spacial score (nSPS) is 19.4. The molecule has 0 N–H and O–H groups in total. The van der Waals surface area contributed by atoms with E-state index < -0.39 is 21.7 Å². The Labute approximate surface area is 175 Å². The molecule has 2 aromatic carbocycles. The Balaban J connectivity index is 1.57. The zero-order chi connectivity index (χ0) is 21.3. The fourth-order valence-electron chi connectivity index (χ4n) is 3.83. The quantitative estimate of drug-likeness (QED) is 0.624. The lowest BCUT2D eigenvalue weighted by molar-refractivity contribution is -0.115. The molecular weight excluding hydrogens is 408 g/mol. The van der Waals surface area contributed by atoms with Gasteiger partial charge < -0.3 is 9.47 Å². The molecule has 158 valence electrons. The van der Waals surface area contributed by atoms with E-state index in [1.54, 1.807) is 0 Å². The summed E-state index contributed by atoms with van der Waals surface area (Å²) in [5.74, 6) is -0.775. The van der Waals surface area contributed by atoms with Crippen LogP contribution in [0.3, 0.4) is 0 Å². The minimum atomic E-state index is -3.84. The zero-order valence-corrected chi connectivity index (χ0v) is 17.3. The molecule has 0 saturated carbocycles. The molecule has 0 aliphatic carbocycles. The van der Waals surface area contributed by atoms with Gasteiger partial charge in [0.05, 0.1) is 22.2 Å². The Morgan fingerprint density at radius 3 is 2.60 bits per heavy atom. The van der Waals surface area contributed by atoms with Crippen LogP contribution in [0.1, 0.15) is 23.2 Å². The first-order valence-corrected chi connectivity index (χ1v) is 11.1. The molecule has 1 unspecified atom stereocenters. The third-order valence-corrected chi connectivity index (χ3v) is 7.26. The van der Waals surface area contributed by atoms with Gasteiger partial charge in [-0.25, -0.2) is 8.42 Å². The van der Waals surface area contributed by atoms with Gasteiger partial charge in [0.2, 0.25) is 10.0 Å². The number of methoxy groups -OCH3 is 1. The maximum Gasteiger partial charge on any atom is 0.301 e. The summed E-state index contributed by atoms with van der Waals surface area (Å²) in [6, 6.07) is 13.1. The topological polar surface area (TPSA) is 93.2 Å². The largest absolute Gasteiger partial charge is 0.492 e. The van der Waals surface area contributed by atoms with E-state index in [1.165, 1.54) is 34.5 Å². The SMILES string of the molecule is COCN1C(=O)C(=O)c2cc(S(=O)(=O)N3CCCC3COc3ccccc3)ccc21. The highest BCUT2D eigenvalue weighted by Gasteiger charge is 2.39. The molecule has 0 spiro atoms. The number of ketones is 1. The van der Waals surface area contributed by atoms with E-state index in [-0.39, 0.29) is 29.8 Å². The van der Waals surface area contributed by atoms with Crippen molar-refractivity contribution in [2.24, 2.45) is 0 Å². The van der Waals surface area contributed by atoms with Gasteiger partial charge in [-0.2, -0.15) is 4.31 Å². The number of carbonyl (C=O) groups excluding carboxylic acids is 2. The van der Waals surface area contributed by atoms with Crippen LogP contribution >= 0.6 is 0 Å². The molecule has 2 aliphatic heterocycles. The summed E-state index contributed by atoms with van der Waals surface area (Å²) >= 11 is 0. The van der Waals surface area contributed by atoms with E-state index in [0.29, 0.717) is 24.4 Å². The summed E-state index contributed by atoms with van der Waals surface area (Å²) in [5.41, 5.74) is 0.436. The smallest absolute Gasteiger partial charge is 0.301 e. The van der Waals surface area contributed by atoms with Crippen molar-refractivity contribution in [1.29, 1.82) is 0 Å². The highest BCUT2D eigenvalue weighted by molar-refractivity contribution is 7.89. The predicted molar refractivity (Wildman–Crippen MR) is 109 cm³/mol. The first kappa shape index (κ1) is 20.5. The van der Waals surface area contributed by atoms with E-state index >= 15 is 0 Å². The van der Waals surface area contributed by atoms with E-state index in [1.807, 2.05) is 30.3 Å². The van der Waals surface area contributed by atoms with Crippen LogP contribution in [0, 0.1) is 0 Å². The van der Waals surface area contributed by atoms with Crippen molar-refractivity contribution in [3.05, 3.63) is 54.1 Å². The lowest BCUT2D eigenvalue weighted by Gasteiger charge is -2.24. The summed E-state index contributed by atoms with van der Waals surface area (Å²) in [4.78, 5) is 25.7. The average molecular weight is 430 g/mol. The number of carbonyl (C=O) groups is 2. The van der Waals surface area contributed by atoms with Crippen molar-refractivity contribution in [3.63, 3.8) is 0 Å². The Hall–Kier alpha value is -2.75. The van der Waals surface area contributed by atoms with Gasteiger partial charge in [0.1, 0.15) is 19.1 Å². The first-order chi connectivity index (χ1) is 14.4. The average Bonchev–Trinajstić information content (AvgIpc) is 3.33.